The first-order chi connectivity index (χ1) is 29.4. The Kier molecular flexibility index (Phi) is 38.2. The molecular weight excluding hydrogens is 747 g/mol. The van der Waals surface area contributed by atoms with Gasteiger partial charge < -0.3 is 23.8 Å². The molecule has 0 unspecified atom stereocenters. The smallest absolute Gasteiger partial charge is 0.305 e. The largest absolute Gasteiger partial charge is 0.493 e. The van der Waals surface area contributed by atoms with Crippen LogP contribution in [0.25, 0.3) is 0 Å². The van der Waals surface area contributed by atoms with Crippen molar-refractivity contribution in [2.75, 3.05) is 40.5 Å². The monoisotopic (exact) mass is 834 g/mol. The number of carbonyl (C=O) groups is 2. The maximum Gasteiger partial charge on any atom is 0.305 e. The lowest BCUT2D eigenvalue weighted by Gasteiger charge is -2.15. The van der Waals surface area contributed by atoms with E-state index < -0.39 is 0 Å². The predicted octanol–water partition coefficient (Wildman–Crippen LogP) is 14.6. The first-order valence-electron chi connectivity index (χ1n) is 24.0. The lowest BCUT2D eigenvalue weighted by molar-refractivity contribution is -0.144. The Bertz CT molecular complexity index is 1310. The third kappa shape index (κ3) is 37.4. The fourth-order valence-corrected chi connectivity index (χ4v) is 6.53. The van der Waals surface area contributed by atoms with E-state index in [2.05, 4.69) is 91.6 Å². The van der Waals surface area contributed by atoms with E-state index in [9.17, 15) is 9.59 Å². The van der Waals surface area contributed by atoms with Crippen LogP contribution in [0.1, 0.15) is 186 Å². The van der Waals surface area contributed by atoms with E-state index in [1.165, 1.54) is 64.2 Å². The molecule has 7 heteroatoms. The number of ether oxygens (including phenoxy) is 4. The lowest BCUT2D eigenvalue weighted by atomic mass is 10.1. The number of rotatable bonds is 41. The third-order valence-corrected chi connectivity index (χ3v) is 9.94. The van der Waals surface area contributed by atoms with Gasteiger partial charge >= 0.3 is 11.9 Å². The van der Waals surface area contributed by atoms with Gasteiger partial charge in [0.15, 0.2) is 0 Å². The number of carbonyl (C=O) groups excluding carboxylic acids is 2. The summed E-state index contributed by atoms with van der Waals surface area (Å²) in [5, 5.41) is 0. The SMILES string of the molecule is CC/C=C\CC=CCC=CCCCCCCCC(=O)OCCCCOc1cc(CN(C)C)cc(OCCCCOC(=O)CCCCCCC/C=C\C/C=C\CCCCC)c1. The van der Waals surface area contributed by atoms with Crippen molar-refractivity contribution in [3.63, 3.8) is 0 Å². The summed E-state index contributed by atoms with van der Waals surface area (Å²) >= 11 is 0. The van der Waals surface area contributed by atoms with Crippen molar-refractivity contribution < 1.29 is 28.5 Å². The molecule has 1 aromatic carbocycles. The van der Waals surface area contributed by atoms with Crippen LogP contribution in [0.2, 0.25) is 0 Å². The van der Waals surface area contributed by atoms with E-state index in [1.54, 1.807) is 0 Å². The number of benzene rings is 1. The molecule has 0 saturated heterocycles. The highest BCUT2D eigenvalue weighted by Crippen LogP contribution is 2.24. The van der Waals surface area contributed by atoms with Gasteiger partial charge in [-0.1, -0.05) is 126 Å². The second kappa shape index (κ2) is 42.1. The first-order valence-corrected chi connectivity index (χ1v) is 24.0. The van der Waals surface area contributed by atoms with Gasteiger partial charge in [0.1, 0.15) is 11.5 Å². The van der Waals surface area contributed by atoms with E-state index in [4.69, 9.17) is 18.9 Å². The maximum atomic E-state index is 12.2. The molecule has 0 spiro atoms. The summed E-state index contributed by atoms with van der Waals surface area (Å²) in [6.45, 7) is 7.14. The second-order valence-electron chi connectivity index (χ2n) is 16.2. The van der Waals surface area contributed by atoms with Crippen LogP contribution in [0.5, 0.6) is 11.5 Å². The van der Waals surface area contributed by atoms with Crippen LogP contribution in [-0.4, -0.2) is 57.4 Å². The Morgan fingerprint density at radius 1 is 0.467 bits per heavy atom. The van der Waals surface area contributed by atoms with Crippen molar-refractivity contribution in [1.29, 1.82) is 0 Å². The summed E-state index contributed by atoms with van der Waals surface area (Å²) in [6.07, 6.45) is 49.5. The Balaban J connectivity index is 2.10. The molecule has 1 rings (SSSR count). The molecule has 7 nitrogen and oxygen atoms in total. The van der Waals surface area contributed by atoms with Gasteiger partial charge in [0.25, 0.3) is 0 Å². The zero-order valence-corrected chi connectivity index (χ0v) is 38.8. The van der Waals surface area contributed by atoms with Gasteiger partial charge in [0, 0.05) is 25.5 Å². The normalized spacial score (nSPS) is 12.0. The molecule has 60 heavy (non-hydrogen) atoms. The quantitative estimate of drug-likeness (QED) is 0.0369. The molecular formula is C53H87NO6. The molecule has 0 amide bonds. The fraction of sp³-hybridized carbons (Fsp3) is 0.660. The molecule has 1 aromatic rings. The molecule has 0 fully saturated rings. The Morgan fingerprint density at radius 3 is 1.32 bits per heavy atom. The van der Waals surface area contributed by atoms with E-state index in [0.29, 0.717) is 39.3 Å². The van der Waals surface area contributed by atoms with Crippen LogP contribution in [0, 0.1) is 0 Å². The summed E-state index contributed by atoms with van der Waals surface area (Å²) in [6, 6.07) is 6.06. The zero-order valence-electron chi connectivity index (χ0n) is 38.8. The van der Waals surface area contributed by atoms with Gasteiger partial charge in [-0.15, -0.1) is 0 Å². The second-order valence-corrected chi connectivity index (χ2v) is 16.2. The molecule has 0 N–H and O–H groups in total. The third-order valence-electron chi connectivity index (χ3n) is 9.94. The number of hydrogen-bond acceptors (Lipinski definition) is 7. The summed E-state index contributed by atoms with van der Waals surface area (Å²) in [5.41, 5.74) is 1.12. The Morgan fingerprint density at radius 2 is 0.867 bits per heavy atom. The van der Waals surface area contributed by atoms with Crippen molar-refractivity contribution in [3.05, 3.63) is 84.5 Å². The van der Waals surface area contributed by atoms with Crippen molar-refractivity contribution in [1.82, 2.24) is 4.90 Å². The Labute approximate surface area is 368 Å². The maximum absolute atomic E-state index is 12.2. The molecule has 340 valence electrons. The molecule has 0 aliphatic heterocycles. The molecule has 0 aromatic heterocycles. The van der Waals surface area contributed by atoms with E-state index in [-0.39, 0.29) is 11.9 Å². The van der Waals surface area contributed by atoms with E-state index in [0.717, 1.165) is 113 Å². The number of esters is 2. The van der Waals surface area contributed by atoms with Gasteiger partial charge in [-0.05, 0) is 135 Å². The minimum absolute atomic E-state index is 0.0933. The zero-order chi connectivity index (χ0) is 43.4. The molecule has 0 bridgehead atoms. The molecule has 0 radical (unpaired) electrons. The summed E-state index contributed by atoms with van der Waals surface area (Å²) in [5.74, 6) is 1.37. The van der Waals surface area contributed by atoms with Gasteiger partial charge in [-0.2, -0.15) is 0 Å². The van der Waals surface area contributed by atoms with Gasteiger partial charge in [-0.25, -0.2) is 0 Å². The minimum atomic E-state index is -0.0964. The van der Waals surface area contributed by atoms with E-state index in [1.807, 2.05) is 20.2 Å². The van der Waals surface area contributed by atoms with Crippen molar-refractivity contribution in [2.24, 2.45) is 0 Å². The highest BCUT2D eigenvalue weighted by Gasteiger charge is 2.07. The number of allylic oxidation sites excluding steroid dienone is 10. The summed E-state index contributed by atoms with van der Waals surface area (Å²) in [4.78, 5) is 26.5. The van der Waals surface area contributed by atoms with Gasteiger partial charge in [0.2, 0.25) is 0 Å². The predicted molar refractivity (Wildman–Crippen MR) is 254 cm³/mol. The molecule has 0 atom stereocenters. The van der Waals surface area contributed by atoms with Crippen LogP contribution in [-0.2, 0) is 25.6 Å². The standard InChI is InChI=1S/C53H87NO6/c1-5-7-9-11-13-15-17-19-21-23-25-27-29-31-33-39-52(55)59-43-37-35-41-57-50-45-49(48-54(3)4)46-51(47-50)58-42-36-38-44-60-53(56)40-34-32-30-28-26-24-22-20-18-16-14-12-10-8-6-2/h7,9,13-16,19-22,45-47H,5-6,8,10-12,17-18,23-44,48H2,1-4H3/b9-7-,15-13?,16-14-,21-19?,22-20-. The number of unbranched alkanes of at least 4 members (excludes halogenated alkanes) is 15. The highest BCUT2D eigenvalue weighted by molar-refractivity contribution is 5.69. The topological polar surface area (TPSA) is 74.3 Å². The molecule has 0 aliphatic rings. The number of hydrogen-bond donors (Lipinski definition) is 0. The van der Waals surface area contributed by atoms with Crippen LogP contribution >= 0.6 is 0 Å². The van der Waals surface area contributed by atoms with Crippen molar-refractivity contribution >= 4 is 11.9 Å². The lowest BCUT2D eigenvalue weighted by Crippen LogP contribution is -2.11. The van der Waals surface area contributed by atoms with Crippen molar-refractivity contribution in [2.45, 2.75) is 187 Å². The van der Waals surface area contributed by atoms with Crippen LogP contribution < -0.4 is 9.47 Å². The van der Waals surface area contributed by atoms with Gasteiger partial charge in [-0.3, -0.25) is 9.59 Å². The fourth-order valence-electron chi connectivity index (χ4n) is 6.53. The van der Waals surface area contributed by atoms with Crippen LogP contribution in [0.4, 0.5) is 0 Å². The Hall–Kier alpha value is -3.58. The molecule has 0 saturated carbocycles. The summed E-state index contributed by atoms with van der Waals surface area (Å²) in [7, 11) is 4.09. The first kappa shape index (κ1) is 54.4. The van der Waals surface area contributed by atoms with Crippen molar-refractivity contribution in [3.8, 4) is 11.5 Å². The molecule has 0 aliphatic carbocycles. The minimum Gasteiger partial charge on any atom is -0.493 e. The summed E-state index contributed by atoms with van der Waals surface area (Å²) < 4.78 is 23.1. The van der Waals surface area contributed by atoms with E-state index >= 15 is 0 Å². The van der Waals surface area contributed by atoms with Crippen LogP contribution in [0.15, 0.2) is 79.0 Å². The number of nitrogens with zero attached hydrogens (tertiary/aromatic N) is 1. The van der Waals surface area contributed by atoms with Crippen LogP contribution in [0.3, 0.4) is 0 Å². The van der Waals surface area contributed by atoms with Gasteiger partial charge in [0.05, 0.1) is 26.4 Å². The average molecular weight is 834 g/mol. The average Bonchev–Trinajstić information content (AvgIpc) is 3.23. The highest BCUT2D eigenvalue weighted by atomic mass is 16.5. The molecule has 0 heterocycles.